The van der Waals surface area contributed by atoms with Crippen LogP contribution in [0.3, 0.4) is 0 Å². The van der Waals surface area contributed by atoms with Crippen LogP contribution in [-0.4, -0.2) is 21.8 Å². The summed E-state index contributed by atoms with van der Waals surface area (Å²) in [5, 5.41) is 5.47. The number of benzene rings is 2. The molecule has 30 heavy (non-hydrogen) atoms. The van der Waals surface area contributed by atoms with Gasteiger partial charge in [0.05, 0.1) is 23.8 Å². The molecule has 6 nitrogen and oxygen atoms in total. The highest BCUT2D eigenvalue weighted by Gasteiger charge is 1.97. The maximum Gasteiger partial charge on any atom is 0.221 e. The number of nitrogens with zero attached hydrogens (tertiary/aromatic N) is 2. The highest BCUT2D eigenvalue weighted by atomic mass is 16.2. The van der Waals surface area contributed by atoms with Crippen LogP contribution in [0.2, 0.25) is 0 Å². The smallest absolute Gasteiger partial charge is 0.221 e. The minimum atomic E-state index is -0.0929. The van der Waals surface area contributed by atoms with Crippen molar-refractivity contribution in [2.24, 2.45) is 0 Å². The first-order chi connectivity index (χ1) is 14.5. The van der Waals surface area contributed by atoms with E-state index in [1.807, 2.05) is 72.8 Å². The summed E-state index contributed by atoms with van der Waals surface area (Å²) in [7, 11) is 0. The molecule has 0 saturated carbocycles. The molecule has 0 unspecified atom stereocenters. The van der Waals surface area contributed by atoms with Gasteiger partial charge in [-0.25, -0.2) is 0 Å². The Labute approximate surface area is 175 Å². The molecule has 1 aromatic heterocycles. The van der Waals surface area contributed by atoms with Gasteiger partial charge in [0.25, 0.3) is 0 Å². The van der Waals surface area contributed by atoms with Gasteiger partial charge < -0.3 is 10.6 Å². The van der Waals surface area contributed by atoms with Crippen LogP contribution in [0.4, 0.5) is 11.4 Å². The number of rotatable bonds is 6. The number of hydrogen-bond donors (Lipinski definition) is 2. The minimum absolute atomic E-state index is 0.0929. The van der Waals surface area contributed by atoms with Crippen molar-refractivity contribution in [3.8, 4) is 0 Å². The normalized spacial score (nSPS) is 11.0. The van der Waals surface area contributed by atoms with E-state index in [2.05, 4.69) is 20.6 Å². The van der Waals surface area contributed by atoms with Crippen molar-refractivity contribution in [1.29, 1.82) is 0 Å². The summed E-state index contributed by atoms with van der Waals surface area (Å²) in [6.07, 6.45) is 11.1. The number of aromatic nitrogens is 2. The molecule has 6 heteroatoms. The third-order valence-electron chi connectivity index (χ3n) is 4.05. The molecule has 2 amide bonds. The number of anilines is 2. The zero-order chi connectivity index (χ0) is 21.3. The minimum Gasteiger partial charge on any atom is -0.326 e. The van der Waals surface area contributed by atoms with Gasteiger partial charge >= 0.3 is 0 Å². The molecule has 1 heterocycles. The molecule has 3 aromatic rings. The molecule has 2 aromatic carbocycles. The predicted molar refractivity (Wildman–Crippen MR) is 121 cm³/mol. The molecule has 0 spiro atoms. The van der Waals surface area contributed by atoms with Crippen molar-refractivity contribution in [2.75, 3.05) is 10.6 Å². The summed E-state index contributed by atoms with van der Waals surface area (Å²) in [6, 6.07) is 15.1. The van der Waals surface area contributed by atoms with Crippen molar-refractivity contribution in [2.45, 2.75) is 13.8 Å². The Bertz CT molecular complexity index is 979. The van der Waals surface area contributed by atoms with Crippen LogP contribution < -0.4 is 10.6 Å². The van der Waals surface area contributed by atoms with E-state index in [1.54, 1.807) is 12.4 Å². The first-order valence-corrected chi connectivity index (χ1v) is 9.41. The Morgan fingerprint density at radius 2 is 1.00 bits per heavy atom. The van der Waals surface area contributed by atoms with Gasteiger partial charge in [0.1, 0.15) is 0 Å². The van der Waals surface area contributed by atoms with Crippen LogP contribution in [0.15, 0.2) is 60.9 Å². The molecule has 0 fully saturated rings. The van der Waals surface area contributed by atoms with E-state index in [4.69, 9.17) is 0 Å². The van der Waals surface area contributed by atoms with Crippen LogP contribution in [0, 0.1) is 0 Å². The molecule has 150 valence electrons. The van der Waals surface area contributed by atoms with Crippen molar-refractivity contribution < 1.29 is 9.59 Å². The van der Waals surface area contributed by atoms with E-state index in [9.17, 15) is 9.59 Å². The SMILES string of the molecule is CC(=O)Nc1ccc(C=Cc2cnc(C=Cc3ccc(NC(C)=O)cc3)cn2)cc1. The average Bonchev–Trinajstić information content (AvgIpc) is 2.73. The van der Waals surface area contributed by atoms with Gasteiger partial charge in [0, 0.05) is 25.2 Å². The maximum atomic E-state index is 11.1. The lowest BCUT2D eigenvalue weighted by molar-refractivity contribution is -0.115. The van der Waals surface area contributed by atoms with Gasteiger partial charge in [0.2, 0.25) is 11.8 Å². The zero-order valence-electron chi connectivity index (χ0n) is 16.8. The quantitative estimate of drug-likeness (QED) is 0.628. The number of hydrogen-bond acceptors (Lipinski definition) is 4. The molecule has 3 rings (SSSR count). The Morgan fingerprint density at radius 3 is 1.30 bits per heavy atom. The Balaban J connectivity index is 1.59. The fourth-order valence-corrected chi connectivity index (χ4v) is 2.65. The predicted octanol–water partition coefficient (Wildman–Crippen LogP) is 4.73. The molecule has 0 atom stereocenters. The summed E-state index contributed by atoms with van der Waals surface area (Å²) in [4.78, 5) is 30.9. The number of carbonyl (C=O) groups excluding carboxylic acids is 2. The largest absolute Gasteiger partial charge is 0.326 e. The topological polar surface area (TPSA) is 84.0 Å². The first-order valence-electron chi connectivity index (χ1n) is 9.41. The van der Waals surface area contributed by atoms with E-state index in [0.717, 1.165) is 33.9 Å². The Kier molecular flexibility index (Phi) is 6.84. The number of nitrogens with one attached hydrogen (secondary N) is 2. The maximum absolute atomic E-state index is 11.1. The van der Waals surface area contributed by atoms with Crippen molar-refractivity contribution in [3.63, 3.8) is 0 Å². The van der Waals surface area contributed by atoms with Crippen LogP contribution in [0.25, 0.3) is 24.3 Å². The molecule has 0 saturated heterocycles. The third kappa shape index (κ3) is 6.53. The van der Waals surface area contributed by atoms with Gasteiger partial charge in [-0.1, -0.05) is 36.4 Å². The summed E-state index contributed by atoms with van der Waals surface area (Å²) in [6.45, 7) is 2.96. The molecular formula is C24H22N4O2. The van der Waals surface area contributed by atoms with Gasteiger partial charge in [0.15, 0.2) is 0 Å². The number of amides is 2. The summed E-state index contributed by atoms with van der Waals surface area (Å²) >= 11 is 0. The second kappa shape index (κ2) is 9.93. The van der Waals surface area contributed by atoms with E-state index >= 15 is 0 Å². The van der Waals surface area contributed by atoms with Crippen LogP contribution in [-0.2, 0) is 9.59 Å². The highest BCUT2D eigenvalue weighted by Crippen LogP contribution is 2.14. The fraction of sp³-hybridized carbons (Fsp3) is 0.0833. The van der Waals surface area contributed by atoms with Crippen LogP contribution in [0.1, 0.15) is 36.4 Å². The van der Waals surface area contributed by atoms with Crippen LogP contribution >= 0.6 is 0 Å². The second-order valence-electron chi connectivity index (χ2n) is 6.64. The monoisotopic (exact) mass is 398 g/mol. The molecular weight excluding hydrogens is 376 g/mol. The lowest BCUT2D eigenvalue weighted by Gasteiger charge is -2.02. The van der Waals surface area contributed by atoms with Crippen molar-refractivity contribution in [1.82, 2.24) is 9.97 Å². The Hall–Kier alpha value is -4.06. The highest BCUT2D eigenvalue weighted by molar-refractivity contribution is 5.89. The van der Waals surface area contributed by atoms with E-state index in [1.165, 1.54) is 13.8 Å². The molecule has 0 radical (unpaired) electrons. The van der Waals surface area contributed by atoms with Crippen molar-refractivity contribution >= 4 is 47.5 Å². The lowest BCUT2D eigenvalue weighted by atomic mass is 10.1. The van der Waals surface area contributed by atoms with E-state index in [-0.39, 0.29) is 11.8 Å². The fourth-order valence-electron chi connectivity index (χ4n) is 2.65. The molecule has 0 bridgehead atoms. The second-order valence-corrected chi connectivity index (χ2v) is 6.64. The molecule has 0 aliphatic carbocycles. The summed E-state index contributed by atoms with van der Waals surface area (Å²) < 4.78 is 0. The molecule has 2 N–H and O–H groups in total. The zero-order valence-corrected chi connectivity index (χ0v) is 16.8. The van der Waals surface area contributed by atoms with Gasteiger partial charge in [-0.3, -0.25) is 19.6 Å². The van der Waals surface area contributed by atoms with Gasteiger partial charge in [-0.05, 0) is 47.5 Å². The van der Waals surface area contributed by atoms with Gasteiger partial charge in [-0.2, -0.15) is 0 Å². The first kappa shape index (κ1) is 20.7. The number of carbonyl (C=O) groups is 2. The van der Waals surface area contributed by atoms with E-state index in [0.29, 0.717) is 0 Å². The van der Waals surface area contributed by atoms with Crippen molar-refractivity contribution in [3.05, 3.63) is 83.4 Å². The molecule has 0 aliphatic rings. The average molecular weight is 398 g/mol. The lowest BCUT2D eigenvalue weighted by Crippen LogP contribution is -2.05. The summed E-state index contributed by atoms with van der Waals surface area (Å²) in [5.74, 6) is -0.186. The standard InChI is InChI=1S/C24H22N4O2/c1-17(29)27-21-9-3-19(4-10-21)7-13-23-15-26-24(16-25-23)14-8-20-5-11-22(12-6-20)28-18(2)30/h3-16H,1-2H3,(H,27,29)(H,28,30). The van der Waals surface area contributed by atoms with Gasteiger partial charge in [-0.15, -0.1) is 0 Å². The van der Waals surface area contributed by atoms with E-state index < -0.39 is 0 Å². The Morgan fingerprint density at radius 1 is 0.633 bits per heavy atom. The summed E-state index contributed by atoms with van der Waals surface area (Å²) in [5.41, 5.74) is 5.02. The third-order valence-corrected chi connectivity index (χ3v) is 4.05. The molecule has 0 aliphatic heterocycles. The van der Waals surface area contributed by atoms with Crippen LogP contribution in [0.5, 0.6) is 0 Å².